The van der Waals surface area contributed by atoms with Crippen molar-refractivity contribution in [2.75, 3.05) is 26.4 Å². The molecule has 0 spiro atoms. The first-order chi connectivity index (χ1) is 48.8. The highest BCUT2D eigenvalue weighted by Crippen LogP contribution is 2.33. The summed E-state index contributed by atoms with van der Waals surface area (Å²) in [6.07, 6.45) is 50.9. The van der Waals surface area contributed by atoms with Crippen molar-refractivity contribution in [2.45, 2.75) is 433 Å². The minimum Gasteiger partial charge on any atom is -0.394 e. The van der Waals surface area contributed by atoms with E-state index in [1.807, 2.05) is 6.08 Å². The van der Waals surface area contributed by atoms with Crippen molar-refractivity contribution in [3.8, 4) is 0 Å². The summed E-state index contributed by atoms with van der Waals surface area (Å²) in [5.74, 6) is -0.271. The first kappa shape index (κ1) is 92.0. The molecule has 19 heteroatoms. The maximum absolute atomic E-state index is 13.5. The average molecular weight is 1430 g/mol. The molecule has 17 atom stereocenters. The maximum Gasteiger partial charge on any atom is 0.220 e. The van der Waals surface area contributed by atoms with Crippen LogP contribution in [0.3, 0.4) is 0 Å². The third-order valence-electron chi connectivity index (χ3n) is 20.4. The van der Waals surface area contributed by atoms with Gasteiger partial charge in [-0.1, -0.05) is 313 Å². The molecule has 586 valence electrons. The number of rotatable bonds is 65. The van der Waals surface area contributed by atoms with Crippen molar-refractivity contribution in [3.05, 3.63) is 48.6 Å². The first-order valence-corrected chi connectivity index (χ1v) is 40.9. The molecule has 19 nitrogen and oxygen atoms in total. The quantitative estimate of drug-likeness (QED) is 0.0199. The molecule has 0 aromatic carbocycles. The molecule has 3 saturated heterocycles. The summed E-state index contributed by atoms with van der Waals surface area (Å²) in [6.45, 7) is 1.77. The zero-order valence-corrected chi connectivity index (χ0v) is 62.7. The third-order valence-corrected chi connectivity index (χ3v) is 20.4. The molecule has 12 N–H and O–H groups in total. The lowest BCUT2D eigenvalue weighted by Crippen LogP contribution is -2.66. The fourth-order valence-electron chi connectivity index (χ4n) is 13.8. The van der Waals surface area contributed by atoms with Gasteiger partial charge < -0.3 is 89.9 Å². The van der Waals surface area contributed by atoms with Crippen LogP contribution in [0.15, 0.2) is 48.6 Å². The van der Waals surface area contributed by atoms with E-state index in [1.165, 1.54) is 244 Å². The van der Waals surface area contributed by atoms with Crippen LogP contribution in [0.5, 0.6) is 0 Å². The second kappa shape index (κ2) is 61.9. The van der Waals surface area contributed by atoms with Crippen molar-refractivity contribution >= 4 is 5.91 Å². The van der Waals surface area contributed by atoms with Crippen molar-refractivity contribution < 1.29 is 89.4 Å². The van der Waals surface area contributed by atoms with E-state index in [-0.39, 0.29) is 18.9 Å². The molecule has 0 aromatic rings. The summed E-state index contributed by atoms with van der Waals surface area (Å²) >= 11 is 0. The van der Waals surface area contributed by atoms with Gasteiger partial charge in [0.25, 0.3) is 0 Å². The summed E-state index contributed by atoms with van der Waals surface area (Å²) in [5.41, 5.74) is 0. The molecule has 3 heterocycles. The second-order valence-electron chi connectivity index (χ2n) is 29.2. The van der Waals surface area contributed by atoms with Crippen LogP contribution in [0, 0.1) is 0 Å². The summed E-state index contributed by atoms with van der Waals surface area (Å²) in [7, 11) is 0. The number of aliphatic hydroxyl groups is 11. The zero-order chi connectivity index (χ0) is 72.5. The number of carbonyl (C=O) groups is 1. The van der Waals surface area contributed by atoms with E-state index in [4.69, 9.17) is 28.4 Å². The normalized spacial score (nSPS) is 26.7. The maximum atomic E-state index is 13.5. The molecule has 100 heavy (non-hydrogen) atoms. The molecule has 1 amide bonds. The molecule has 0 aromatic heterocycles. The van der Waals surface area contributed by atoms with Gasteiger partial charge in [0.2, 0.25) is 5.91 Å². The highest BCUT2D eigenvalue weighted by atomic mass is 16.8. The van der Waals surface area contributed by atoms with Gasteiger partial charge in [-0.2, -0.15) is 0 Å². The Hall–Kier alpha value is -2.25. The smallest absolute Gasteiger partial charge is 0.220 e. The monoisotopic (exact) mass is 1420 g/mol. The predicted molar refractivity (Wildman–Crippen MR) is 397 cm³/mol. The van der Waals surface area contributed by atoms with E-state index >= 15 is 0 Å². The summed E-state index contributed by atoms with van der Waals surface area (Å²) in [4.78, 5) is 13.5. The van der Waals surface area contributed by atoms with Crippen molar-refractivity contribution in [2.24, 2.45) is 0 Å². The van der Waals surface area contributed by atoms with Gasteiger partial charge in [-0.15, -0.1) is 0 Å². The minimum absolute atomic E-state index is 0.244. The minimum atomic E-state index is -1.98. The van der Waals surface area contributed by atoms with E-state index in [9.17, 15) is 61.0 Å². The van der Waals surface area contributed by atoms with Crippen molar-refractivity contribution in [3.63, 3.8) is 0 Å². The standard InChI is InChI=1S/C81H149NO18/c1-3-5-7-9-11-13-15-17-19-21-23-25-27-29-30-31-32-33-34-35-37-39-41-43-45-47-49-51-53-55-57-59-69(87)82-64(65(86)58-56-54-52-50-48-46-44-42-40-38-36-28-26-24-22-20-18-16-14-12-10-8-6-4-2)63-95-79-75(93)72(90)77(67(61-84)97-79)100-81-76(94)73(91)78(68(62-85)98-81)99-80-74(92)71(89)70(88)66(60-83)96-80/h15,17,21,23,27,29,56,58,64-68,70-81,83-86,88-94H,3-14,16,18-20,22,24-26,28,30-55,57,59-63H2,1-2H3,(H,82,87)/b17-15-,23-21-,29-27-,58-56+. The van der Waals surface area contributed by atoms with Crippen LogP contribution < -0.4 is 5.32 Å². The molecular weight excluding hydrogens is 1270 g/mol. The topological polar surface area (TPSA) is 307 Å². The van der Waals surface area contributed by atoms with Crippen LogP contribution in [0.2, 0.25) is 0 Å². The lowest BCUT2D eigenvalue weighted by molar-refractivity contribution is -0.379. The number of hydrogen-bond acceptors (Lipinski definition) is 18. The molecular formula is C81H149NO18. The molecule has 17 unspecified atom stereocenters. The Morgan fingerprint density at radius 3 is 1.03 bits per heavy atom. The van der Waals surface area contributed by atoms with Crippen LogP contribution in [0.4, 0.5) is 0 Å². The van der Waals surface area contributed by atoms with Gasteiger partial charge in [0, 0.05) is 6.42 Å². The fourth-order valence-corrected chi connectivity index (χ4v) is 13.8. The van der Waals surface area contributed by atoms with Gasteiger partial charge in [-0.3, -0.25) is 4.79 Å². The van der Waals surface area contributed by atoms with E-state index in [0.717, 1.165) is 57.8 Å². The van der Waals surface area contributed by atoms with Gasteiger partial charge in [0.15, 0.2) is 18.9 Å². The Morgan fingerprint density at radius 2 is 0.660 bits per heavy atom. The SMILES string of the molecule is CCCCCCC/C=C\C/C=C\C/C=C\CCCCCCCCCCCCCCCCCCC(=O)NC(COC1OC(CO)C(OC2OC(CO)C(OC3OC(CO)C(O)C(O)C3O)C(O)C2O)C(O)C1O)C(O)/C=C/CCCCCCCCCCCCCCCCCCCCCCCC. The third kappa shape index (κ3) is 41.6. The first-order valence-electron chi connectivity index (χ1n) is 40.9. The van der Waals surface area contributed by atoms with Crippen LogP contribution >= 0.6 is 0 Å². The lowest BCUT2D eigenvalue weighted by atomic mass is 9.96. The zero-order valence-electron chi connectivity index (χ0n) is 62.7. The van der Waals surface area contributed by atoms with E-state index in [1.54, 1.807) is 6.08 Å². The molecule has 3 aliphatic heterocycles. The van der Waals surface area contributed by atoms with Crippen LogP contribution in [-0.2, 0) is 33.2 Å². The van der Waals surface area contributed by atoms with E-state index in [0.29, 0.717) is 6.42 Å². The summed E-state index contributed by atoms with van der Waals surface area (Å²) < 4.78 is 34.5. The Bertz CT molecular complexity index is 1990. The Kier molecular flexibility index (Phi) is 56.9. The largest absolute Gasteiger partial charge is 0.394 e. The molecule has 0 saturated carbocycles. The van der Waals surface area contributed by atoms with Gasteiger partial charge in [0.05, 0.1) is 38.6 Å². The molecule has 0 aliphatic carbocycles. The molecule has 0 bridgehead atoms. The Morgan fingerprint density at radius 1 is 0.360 bits per heavy atom. The van der Waals surface area contributed by atoms with Crippen LogP contribution in [-0.4, -0.2) is 193 Å². The highest BCUT2D eigenvalue weighted by Gasteiger charge is 2.54. The Balaban J connectivity index is 1.37. The number of amides is 1. The lowest BCUT2D eigenvalue weighted by Gasteiger charge is -2.48. The van der Waals surface area contributed by atoms with E-state index < -0.39 is 124 Å². The molecule has 3 fully saturated rings. The van der Waals surface area contributed by atoms with Crippen LogP contribution in [0.1, 0.15) is 328 Å². The number of allylic oxidation sites excluding steroid dienone is 7. The van der Waals surface area contributed by atoms with Crippen molar-refractivity contribution in [1.29, 1.82) is 0 Å². The number of carbonyl (C=O) groups excluding carboxylic acids is 1. The number of nitrogens with one attached hydrogen (secondary N) is 1. The van der Waals surface area contributed by atoms with Crippen molar-refractivity contribution in [1.82, 2.24) is 5.32 Å². The number of hydrogen-bond donors (Lipinski definition) is 12. The molecule has 3 rings (SSSR count). The molecule has 3 aliphatic rings. The number of unbranched alkanes of at least 4 members (excludes halogenated alkanes) is 43. The number of ether oxygens (including phenoxy) is 6. The van der Waals surface area contributed by atoms with Gasteiger partial charge in [-0.25, -0.2) is 0 Å². The van der Waals surface area contributed by atoms with Crippen LogP contribution in [0.25, 0.3) is 0 Å². The van der Waals surface area contributed by atoms with E-state index in [2.05, 4.69) is 55.6 Å². The molecule has 0 radical (unpaired) electrons. The van der Waals surface area contributed by atoms with Gasteiger partial charge in [0.1, 0.15) is 73.2 Å². The average Bonchev–Trinajstić information content (AvgIpc) is 0.783. The fraction of sp³-hybridized carbons (Fsp3) is 0.889. The predicted octanol–water partition coefficient (Wildman–Crippen LogP) is 13.7. The van der Waals surface area contributed by atoms with Gasteiger partial charge >= 0.3 is 0 Å². The Labute approximate surface area is 605 Å². The summed E-state index contributed by atoms with van der Waals surface area (Å²) in [5, 5.41) is 121. The highest BCUT2D eigenvalue weighted by molar-refractivity contribution is 5.76. The van der Waals surface area contributed by atoms with Gasteiger partial charge in [-0.05, 0) is 57.8 Å². The number of aliphatic hydroxyl groups excluding tert-OH is 11. The summed E-state index contributed by atoms with van der Waals surface area (Å²) in [6, 6.07) is -0.975. The second-order valence-corrected chi connectivity index (χ2v) is 29.2.